The first-order valence-electron chi connectivity index (χ1n) is 10.2. The van der Waals surface area contributed by atoms with E-state index in [9.17, 15) is 14.4 Å². The molecule has 2 aromatic rings. The van der Waals surface area contributed by atoms with Gasteiger partial charge in [0, 0.05) is 11.8 Å². The van der Waals surface area contributed by atoms with E-state index in [1.165, 1.54) is 4.90 Å². The highest BCUT2D eigenvalue weighted by Crippen LogP contribution is 2.46. The summed E-state index contributed by atoms with van der Waals surface area (Å²) in [6.45, 7) is 0. The molecule has 4 unspecified atom stereocenters. The zero-order chi connectivity index (χ0) is 22.4. The predicted octanol–water partition coefficient (Wildman–Crippen LogP) is 2.30. The van der Waals surface area contributed by atoms with Crippen LogP contribution in [0.25, 0.3) is 0 Å². The molecule has 2 amide bonds. The summed E-state index contributed by atoms with van der Waals surface area (Å²) in [4.78, 5) is 41.7. The number of hydrogen-bond acceptors (Lipinski definition) is 7. The molecule has 5 rings (SSSR count). The van der Waals surface area contributed by atoms with Gasteiger partial charge in [-0.15, -0.1) is 0 Å². The number of allylic oxidation sites excluding steroid dienone is 1. The van der Waals surface area contributed by atoms with Crippen LogP contribution in [0.1, 0.15) is 10.4 Å². The Morgan fingerprint density at radius 3 is 2.09 bits per heavy atom. The topological polar surface area (TPSA) is 88.5 Å². The van der Waals surface area contributed by atoms with Gasteiger partial charge >= 0.3 is 0 Å². The van der Waals surface area contributed by atoms with Crippen LogP contribution in [0.3, 0.4) is 0 Å². The number of nitrogens with zero attached hydrogens (tertiary/aromatic N) is 3. The molecule has 3 aliphatic heterocycles. The molecule has 8 heteroatoms. The molecule has 0 bridgehead atoms. The van der Waals surface area contributed by atoms with Crippen molar-refractivity contribution in [3.63, 3.8) is 0 Å². The zero-order valence-corrected chi connectivity index (χ0v) is 17.5. The van der Waals surface area contributed by atoms with E-state index in [0.29, 0.717) is 22.7 Å². The van der Waals surface area contributed by atoms with E-state index in [1.54, 1.807) is 80.1 Å². The molecule has 0 aromatic heterocycles. The van der Waals surface area contributed by atoms with E-state index in [4.69, 9.17) is 9.47 Å². The maximum absolute atomic E-state index is 13.5. The highest BCUT2D eigenvalue weighted by atomic mass is 16.5. The summed E-state index contributed by atoms with van der Waals surface area (Å²) in [5.74, 6) is -1.25. The Morgan fingerprint density at radius 2 is 1.47 bits per heavy atom. The number of anilines is 1. The fourth-order valence-electron chi connectivity index (χ4n) is 4.75. The fourth-order valence-corrected chi connectivity index (χ4v) is 4.75. The molecule has 162 valence electrons. The highest BCUT2D eigenvalue weighted by Gasteiger charge is 2.64. The normalized spacial score (nSPS) is 25.7. The largest absolute Gasteiger partial charge is 0.497 e. The maximum atomic E-state index is 13.5. The van der Waals surface area contributed by atoms with Crippen LogP contribution < -0.4 is 14.4 Å². The molecule has 4 atom stereocenters. The molecule has 32 heavy (non-hydrogen) atoms. The van der Waals surface area contributed by atoms with Crippen molar-refractivity contribution < 1.29 is 23.9 Å². The van der Waals surface area contributed by atoms with Crippen molar-refractivity contribution in [3.05, 3.63) is 66.2 Å². The number of carbonyl (C=O) groups is 3. The van der Waals surface area contributed by atoms with Gasteiger partial charge in [-0.1, -0.05) is 6.08 Å². The molecule has 0 aliphatic carbocycles. The minimum absolute atomic E-state index is 0.254. The van der Waals surface area contributed by atoms with Gasteiger partial charge in [0.15, 0.2) is 5.78 Å². The number of imide groups is 1. The summed E-state index contributed by atoms with van der Waals surface area (Å²) in [5.41, 5.74) is 0.892. The van der Waals surface area contributed by atoms with Crippen LogP contribution in [0.15, 0.2) is 65.8 Å². The van der Waals surface area contributed by atoms with Crippen LogP contribution in [-0.2, 0) is 9.59 Å². The lowest BCUT2D eigenvalue weighted by Gasteiger charge is -2.30. The van der Waals surface area contributed by atoms with Crippen LogP contribution in [0, 0.1) is 11.8 Å². The first-order chi connectivity index (χ1) is 15.5. The number of methoxy groups -OCH3 is 2. The number of amides is 2. The van der Waals surface area contributed by atoms with Crippen molar-refractivity contribution in [2.45, 2.75) is 12.1 Å². The summed E-state index contributed by atoms with van der Waals surface area (Å²) < 4.78 is 10.3. The van der Waals surface area contributed by atoms with Crippen LogP contribution in [0.4, 0.5) is 5.69 Å². The first-order valence-corrected chi connectivity index (χ1v) is 10.2. The average Bonchev–Trinajstić information content (AvgIpc) is 3.31. The monoisotopic (exact) mass is 431 g/mol. The summed E-state index contributed by atoms with van der Waals surface area (Å²) in [5, 5.41) is 5.96. The lowest BCUT2D eigenvalue weighted by atomic mass is 9.86. The molecular weight excluding hydrogens is 410 g/mol. The second-order valence-corrected chi connectivity index (χ2v) is 7.82. The molecule has 2 aromatic carbocycles. The number of fused-ring (bicyclic) bond motifs is 3. The number of ketones is 1. The number of carbonyl (C=O) groups excluding carboxylic acids is 3. The fraction of sp³-hybridized carbons (Fsp3) is 0.250. The lowest BCUT2D eigenvalue weighted by molar-refractivity contribution is -0.123. The van der Waals surface area contributed by atoms with Gasteiger partial charge in [0.25, 0.3) is 0 Å². The summed E-state index contributed by atoms with van der Waals surface area (Å²) in [6.07, 6.45) is 5.14. The van der Waals surface area contributed by atoms with E-state index in [-0.39, 0.29) is 11.7 Å². The Kier molecular flexibility index (Phi) is 4.77. The number of ether oxygens (including phenoxy) is 2. The highest BCUT2D eigenvalue weighted by molar-refractivity contribution is 6.24. The number of benzene rings is 2. The maximum Gasteiger partial charge on any atom is 0.240 e. The molecule has 3 aliphatic rings. The summed E-state index contributed by atoms with van der Waals surface area (Å²) in [6, 6.07) is 12.1. The van der Waals surface area contributed by atoms with Gasteiger partial charge in [-0.3, -0.25) is 19.4 Å². The third kappa shape index (κ3) is 2.90. The van der Waals surface area contributed by atoms with E-state index < -0.39 is 29.8 Å². The molecule has 2 fully saturated rings. The quantitative estimate of drug-likeness (QED) is 0.533. The third-order valence-electron chi connectivity index (χ3n) is 6.26. The molecule has 3 heterocycles. The van der Waals surface area contributed by atoms with Gasteiger partial charge in [0.1, 0.15) is 17.5 Å². The van der Waals surface area contributed by atoms with Gasteiger partial charge in [-0.05, 0) is 54.6 Å². The van der Waals surface area contributed by atoms with E-state index in [0.717, 1.165) is 0 Å². The first kappa shape index (κ1) is 20.0. The minimum Gasteiger partial charge on any atom is -0.497 e. The summed E-state index contributed by atoms with van der Waals surface area (Å²) >= 11 is 0. The Labute approximate surface area is 184 Å². The van der Waals surface area contributed by atoms with Crippen molar-refractivity contribution in [2.75, 3.05) is 19.1 Å². The van der Waals surface area contributed by atoms with Crippen molar-refractivity contribution in [1.29, 1.82) is 0 Å². The average molecular weight is 431 g/mol. The number of Topliss-reactive ketones (excluding diaryl/α,β-unsaturated/α-hetero) is 1. The number of hydrazone groups is 1. The van der Waals surface area contributed by atoms with Gasteiger partial charge in [-0.2, -0.15) is 5.10 Å². The zero-order valence-electron chi connectivity index (χ0n) is 17.5. The van der Waals surface area contributed by atoms with E-state index >= 15 is 0 Å². The summed E-state index contributed by atoms with van der Waals surface area (Å²) in [7, 11) is 3.10. The van der Waals surface area contributed by atoms with Gasteiger partial charge in [0.05, 0.1) is 37.8 Å². The van der Waals surface area contributed by atoms with E-state index in [1.807, 2.05) is 6.08 Å². The van der Waals surface area contributed by atoms with Crippen molar-refractivity contribution in [2.24, 2.45) is 16.9 Å². The SMILES string of the molecule is COc1ccc(C(=O)C2C3C(=O)N(c4ccc(OC)cc4)C(=O)C3C3C=CC=NN32)cc1. The smallest absolute Gasteiger partial charge is 0.240 e. The third-order valence-corrected chi connectivity index (χ3v) is 6.26. The number of hydrogen-bond donors (Lipinski definition) is 0. The standard InChI is InChI=1S/C24H21N3O5/c1-31-16-9-5-14(6-10-16)22(28)21-20-19(18-4-3-13-25-27(18)21)23(29)26(24(20)30)15-7-11-17(32-2)12-8-15/h3-13,18-21H,1-2H3. The van der Waals surface area contributed by atoms with Crippen LogP contribution in [0.5, 0.6) is 11.5 Å². The Balaban J connectivity index is 1.53. The second kappa shape index (κ2) is 7.64. The molecule has 0 spiro atoms. The van der Waals surface area contributed by atoms with Gasteiger partial charge in [-0.25, -0.2) is 4.90 Å². The van der Waals surface area contributed by atoms with Gasteiger partial charge < -0.3 is 9.47 Å². The number of rotatable bonds is 5. The van der Waals surface area contributed by atoms with Crippen molar-refractivity contribution >= 4 is 29.5 Å². The molecular formula is C24H21N3O5. The van der Waals surface area contributed by atoms with Crippen LogP contribution >= 0.6 is 0 Å². The Morgan fingerprint density at radius 1 is 0.875 bits per heavy atom. The van der Waals surface area contributed by atoms with E-state index in [2.05, 4.69) is 5.10 Å². The van der Waals surface area contributed by atoms with Gasteiger partial charge in [0.2, 0.25) is 11.8 Å². The van der Waals surface area contributed by atoms with Crippen molar-refractivity contribution in [3.8, 4) is 11.5 Å². The predicted molar refractivity (Wildman–Crippen MR) is 117 cm³/mol. The molecule has 8 nitrogen and oxygen atoms in total. The molecule has 0 radical (unpaired) electrons. The minimum atomic E-state index is -0.876. The molecule has 0 N–H and O–H groups in total. The second-order valence-electron chi connectivity index (χ2n) is 7.82. The van der Waals surface area contributed by atoms with Crippen LogP contribution in [0.2, 0.25) is 0 Å². The Hall–Kier alpha value is -3.94. The van der Waals surface area contributed by atoms with Crippen LogP contribution in [-0.4, -0.2) is 55.1 Å². The lowest BCUT2D eigenvalue weighted by Crippen LogP contribution is -2.46. The molecule has 0 saturated carbocycles. The molecule has 2 saturated heterocycles. The van der Waals surface area contributed by atoms with Crippen molar-refractivity contribution in [1.82, 2.24) is 5.01 Å². The Bertz CT molecular complexity index is 1140.